The van der Waals surface area contributed by atoms with E-state index in [-0.39, 0.29) is 5.54 Å². The average Bonchev–Trinajstić information content (AvgIpc) is 2.67. The Morgan fingerprint density at radius 1 is 1.14 bits per heavy atom. The first-order valence-electron chi connectivity index (χ1n) is 8.32. The van der Waals surface area contributed by atoms with Crippen molar-refractivity contribution in [3.8, 4) is 5.75 Å². The van der Waals surface area contributed by atoms with E-state index in [1.807, 2.05) is 13.0 Å². The molecule has 0 aliphatic heterocycles. The first kappa shape index (κ1) is 16.3. The first-order chi connectivity index (χ1) is 9.94. The molecule has 0 bridgehead atoms. The van der Waals surface area contributed by atoms with Gasteiger partial charge in [0.15, 0.2) is 0 Å². The van der Waals surface area contributed by atoms with E-state index in [4.69, 9.17) is 4.74 Å². The SMILES string of the molecule is Cc1ccc(OC2CCCCCC2)c(CNC(C)(C)C)n1. The summed E-state index contributed by atoms with van der Waals surface area (Å²) in [6, 6.07) is 4.14. The summed E-state index contributed by atoms with van der Waals surface area (Å²) >= 11 is 0. The van der Waals surface area contributed by atoms with E-state index in [0.29, 0.717) is 6.10 Å². The Hall–Kier alpha value is -1.09. The molecule has 1 aliphatic rings. The Balaban J connectivity index is 2.06. The van der Waals surface area contributed by atoms with Crippen LogP contribution in [0.15, 0.2) is 12.1 Å². The number of hydrogen-bond donors (Lipinski definition) is 1. The van der Waals surface area contributed by atoms with Gasteiger partial charge in [-0.1, -0.05) is 12.8 Å². The molecule has 0 spiro atoms. The van der Waals surface area contributed by atoms with Crippen molar-refractivity contribution < 1.29 is 4.74 Å². The van der Waals surface area contributed by atoms with Crippen LogP contribution in [-0.2, 0) is 6.54 Å². The van der Waals surface area contributed by atoms with Gasteiger partial charge >= 0.3 is 0 Å². The minimum atomic E-state index is 0.0883. The summed E-state index contributed by atoms with van der Waals surface area (Å²) in [7, 11) is 0. The summed E-state index contributed by atoms with van der Waals surface area (Å²) in [4.78, 5) is 4.68. The van der Waals surface area contributed by atoms with Crippen molar-refractivity contribution in [2.24, 2.45) is 0 Å². The lowest BCUT2D eigenvalue weighted by atomic mass is 10.1. The maximum absolute atomic E-state index is 6.28. The molecule has 1 aromatic heterocycles. The molecular weight excluding hydrogens is 260 g/mol. The molecule has 0 atom stereocenters. The summed E-state index contributed by atoms with van der Waals surface area (Å²) in [5, 5.41) is 3.51. The number of nitrogens with zero attached hydrogens (tertiary/aromatic N) is 1. The highest BCUT2D eigenvalue weighted by Crippen LogP contribution is 2.25. The van der Waals surface area contributed by atoms with E-state index < -0.39 is 0 Å². The molecule has 1 fully saturated rings. The molecule has 0 aromatic carbocycles. The largest absolute Gasteiger partial charge is 0.488 e. The van der Waals surface area contributed by atoms with E-state index >= 15 is 0 Å². The van der Waals surface area contributed by atoms with Gasteiger partial charge in [-0.2, -0.15) is 0 Å². The highest BCUT2D eigenvalue weighted by Gasteiger charge is 2.17. The predicted molar refractivity (Wildman–Crippen MR) is 87.7 cm³/mol. The lowest BCUT2D eigenvalue weighted by Crippen LogP contribution is -2.35. The van der Waals surface area contributed by atoms with Gasteiger partial charge in [-0.3, -0.25) is 4.98 Å². The summed E-state index contributed by atoms with van der Waals surface area (Å²) < 4.78 is 6.28. The highest BCUT2D eigenvalue weighted by molar-refractivity contribution is 5.29. The molecule has 1 aliphatic carbocycles. The van der Waals surface area contributed by atoms with Crippen LogP contribution in [0.1, 0.15) is 70.7 Å². The Morgan fingerprint density at radius 2 is 1.81 bits per heavy atom. The molecule has 1 aromatic rings. The topological polar surface area (TPSA) is 34.1 Å². The number of hydrogen-bond acceptors (Lipinski definition) is 3. The lowest BCUT2D eigenvalue weighted by molar-refractivity contribution is 0.180. The fourth-order valence-electron chi connectivity index (χ4n) is 2.72. The van der Waals surface area contributed by atoms with Gasteiger partial charge in [0.25, 0.3) is 0 Å². The van der Waals surface area contributed by atoms with Crippen LogP contribution < -0.4 is 10.1 Å². The number of rotatable bonds is 4. The van der Waals surface area contributed by atoms with Crippen molar-refractivity contribution in [1.29, 1.82) is 0 Å². The number of aromatic nitrogens is 1. The zero-order valence-corrected chi connectivity index (χ0v) is 14.0. The van der Waals surface area contributed by atoms with Crippen LogP contribution in [0.3, 0.4) is 0 Å². The maximum Gasteiger partial charge on any atom is 0.142 e. The van der Waals surface area contributed by atoms with Crippen LogP contribution in [0.2, 0.25) is 0 Å². The molecule has 1 heterocycles. The third-order valence-electron chi connectivity index (χ3n) is 3.95. The molecule has 3 nitrogen and oxygen atoms in total. The second-order valence-corrected chi connectivity index (χ2v) is 7.23. The van der Waals surface area contributed by atoms with Crippen molar-refractivity contribution in [3.63, 3.8) is 0 Å². The van der Waals surface area contributed by atoms with E-state index in [9.17, 15) is 0 Å². The highest BCUT2D eigenvalue weighted by atomic mass is 16.5. The van der Waals surface area contributed by atoms with Crippen molar-refractivity contribution in [2.45, 2.75) is 84.4 Å². The zero-order chi connectivity index (χ0) is 15.3. The van der Waals surface area contributed by atoms with Gasteiger partial charge in [-0.25, -0.2) is 0 Å². The number of nitrogens with one attached hydrogen (secondary N) is 1. The maximum atomic E-state index is 6.28. The molecule has 3 heteroatoms. The molecular formula is C18H30N2O. The second-order valence-electron chi connectivity index (χ2n) is 7.23. The second kappa shape index (κ2) is 7.26. The van der Waals surface area contributed by atoms with Gasteiger partial charge in [-0.15, -0.1) is 0 Å². The van der Waals surface area contributed by atoms with E-state index in [1.54, 1.807) is 0 Å². The minimum absolute atomic E-state index is 0.0883. The van der Waals surface area contributed by atoms with Crippen LogP contribution in [-0.4, -0.2) is 16.6 Å². The Bertz CT molecular complexity index is 443. The van der Waals surface area contributed by atoms with Gasteiger partial charge in [-0.05, 0) is 65.5 Å². The molecule has 0 saturated heterocycles. The molecule has 2 rings (SSSR count). The third-order valence-corrected chi connectivity index (χ3v) is 3.95. The fourth-order valence-corrected chi connectivity index (χ4v) is 2.72. The van der Waals surface area contributed by atoms with Crippen molar-refractivity contribution in [3.05, 3.63) is 23.5 Å². The molecule has 0 radical (unpaired) electrons. The summed E-state index contributed by atoms with van der Waals surface area (Å²) in [5.74, 6) is 0.962. The van der Waals surface area contributed by atoms with Crippen molar-refractivity contribution >= 4 is 0 Å². The summed E-state index contributed by atoms with van der Waals surface area (Å²) in [6.45, 7) is 9.32. The van der Waals surface area contributed by atoms with Gasteiger partial charge < -0.3 is 10.1 Å². The van der Waals surface area contributed by atoms with Gasteiger partial charge in [0.05, 0.1) is 11.8 Å². The number of pyridine rings is 1. The Kier molecular flexibility index (Phi) is 5.63. The Morgan fingerprint density at radius 3 is 2.43 bits per heavy atom. The van der Waals surface area contributed by atoms with Gasteiger partial charge in [0.2, 0.25) is 0 Å². The molecule has 118 valence electrons. The smallest absolute Gasteiger partial charge is 0.142 e. The molecule has 21 heavy (non-hydrogen) atoms. The summed E-state index contributed by atoms with van der Waals surface area (Å²) in [5.41, 5.74) is 2.17. The Labute approximate surface area is 129 Å². The molecule has 0 amide bonds. The zero-order valence-electron chi connectivity index (χ0n) is 14.0. The summed E-state index contributed by atoms with van der Waals surface area (Å²) in [6.07, 6.45) is 8.01. The predicted octanol–water partition coefficient (Wildman–Crippen LogP) is 4.38. The van der Waals surface area contributed by atoms with E-state index in [2.05, 4.69) is 37.1 Å². The molecule has 1 N–H and O–H groups in total. The first-order valence-corrected chi connectivity index (χ1v) is 8.32. The van der Waals surface area contributed by atoms with Crippen LogP contribution in [0, 0.1) is 6.92 Å². The fraction of sp³-hybridized carbons (Fsp3) is 0.722. The quantitative estimate of drug-likeness (QED) is 0.836. The van der Waals surface area contributed by atoms with Gasteiger partial charge in [0.1, 0.15) is 5.75 Å². The van der Waals surface area contributed by atoms with Gasteiger partial charge in [0, 0.05) is 17.8 Å². The number of aryl methyl sites for hydroxylation is 1. The minimum Gasteiger partial charge on any atom is -0.488 e. The lowest BCUT2D eigenvalue weighted by Gasteiger charge is -2.23. The molecule has 0 unspecified atom stereocenters. The average molecular weight is 290 g/mol. The van der Waals surface area contributed by atoms with Crippen LogP contribution in [0.5, 0.6) is 5.75 Å². The van der Waals surface area contributed by atoms with E-state index in [1.165, 1.54) is 38.5 Å². The molecule has 1 saturated carbocycles. The number of ether oxygens (including phenoxy) is 1. The van der Waals surface area contributed by atoms with Crippen LogP contribution >= 0.6 is 0 Å². The van der Waals surface area contributed by atoms with Crippen LogP contribution in [0.4, 0.5) is 0 Å². The third kappa shape index (κ3) is 5.66. The van der Waals surface area contributed by atoms with E-state index in [0.717, 1.165) is 23.7 Å². The van der Waals surface area contributed by atoms with Crippen molar-refractivity contribution in [1.82, 2.24) is 10.3 Å². The monoisotopic (exact) mass is 290 g/mol. The van der Waals surface area contributed by atoms with Crippen LogP contribution in [0.25, 0.3) is 0 Å². The van der Waals surface area contributed by atoms with Crippen molar-refractivity contribution in [2.75, 3.05) is 0 Å². The normalized spacial score (nSPS) is 17.5. The standard InChI is InChI=1S/C18H30N2O/c1-14-11-12-17(16(20-14)13-19-18(2,3)4)21-15-9-7-5-6-8-10-15/h11-12,15,19H,5-10,13H2,1-4H3.